The fourth-order valence-corrected chi connectivity index (χ4v) is 3.80. The highest BCUT2D eigenvalue weighted by atomic mass is 19.4. The molecule has 0 aromatic heterocycles. The average Bonchev–Trinajstić information content (AvgIpc) is 2.46. The molecule has 0 heterocycles. The van der Waals surface area contributed by atoms with Gasteiger partial charge in [0.15, 0.2) is 0 Å². The van der Waals surface area contributed by atoms with Gasteiger partial charge in [0.25, 0.3) is 5.78 Å². The van der Waals surface area contributed by atoms with Crippen LogP contribution in [0.4, 0.5) is 17.6 Å². The van der Waals surface area contributed by atoms with E-state index in [1.54, 1.807) is 0 Å². The molecule has 22 heavy (non-hydrogen) atoms. The first-order valence-electron chi connectivity index (χ1n) is 7.45. The molecule has 5 heteroatoms. The lowest BCUT2D eigenvalue weighted by Crippen LogP contribution is -2.43. The fourth-order valence-electron chi connectivity index (χ4n) is 3.80. The molecule has 0 amide bonds. The summed E-state index contributed by atoms with van der Waals surface area (Å²) in [6.07, 6.45) is -0.400. The first-order valence-corrected chi connectivity index (χ1v) is 7.45. The number of ketones is 1. The summed E-state index contributed by atoms with van der Waals surface area (Å²) < 4.78 is 51.9. The molecule has 3 rings (SSSR count). The molecule has 0 bridgehead atoms. The Morgan fingerprint density at radius 3 is 2.14 bits per heavy atom. The van der Waals surface area contributed by atoms with Gasteiger partial charge in [-0.25, -0.2) is 4.39 Å². The molecule has 0 N–H and O–H groups in total. The molecule has 1 aromatic carbocycles. The molecule has 0 saturated heterocycles. The average molecular weight is 312 g/mol. The van der Waals surface area contributed by atoms with Gasteiger partial charge in [-0.05, 0) is 42.5 Å². The van der Waals surface area contributed by atoms with Crippen LogP contribution in [0.3, 0.4) is 0 Å². The molecule has 0 atom stereocenters. The number of alkyl halides is 3. The molecule has 1 aromatic rings. The summed E-state index contributed by atoms with van der Waals surface area (Å²) in [6, 6.07) is 5.32. The van der Waals surface area contributed by atoms with Crippen molar-refractivity contribution in [3.63, 3.8) is 0 Å². The van der Waals surface area contributed by atoms with Crippen molar-refractivity contribution < 1.29 is 22.4 Å². The van der Waals surface area contributed by atoms with Crippen molar-refractivity contribution in [2.45, 2.75) is 44.7 Å². The Labute approximate surface area is 126 Å². The van der Waals surface area contributed by atoms with Crippen LogP contribution in [0, 0.1) is 11.2 Å². The third-order valence-electron chi connectivity index (χ3n) is 4.84. The van der Waals surface area contributed by atoms with Crippen LogP contribution in [0.2, 0.25) is 0 Å². The molecule has 2 aliphatic carbocycles. The highest BCUT2D eigenvalue weighted by Gasteiger charge is 2.55. The maximum absolute atomic E-state index is 13.0. The van der Waals surface area contributed by atoms with Crippen LogP contribution in [0.5, 0.6) is 0 Å². The summed E-state index contributed by atoms with van der Waals surface area (Å²) in [5, 5.41) is 0. The van der Waals surface area contributed by atoms with E-state index >= 15 is 0 Å². The molecule has 1 spiro atoms. The predicted octanol–water partition coefficient (Wildman–Crippen LogP) is 5.06. The van der Waals surface area contributed by atoms with Gasteiger partial charge in [-0.1, -0.05) is 31.4 Å². The summed E-state index contributed by atoms with van der Waals surface area (Å²) in [4.78, 5) is 11.9. The zero-order chi connectivity index (χ0) is 16.0. The zero-order valence-electron chi connectivity index (χ0n) is 12.0. The van der Waals surface area contributed by atoms with Gasteiger partial charge in [0.05, 0.1) is 0 Å². The molecule has 0 unspecified atom stereocenters. The van der Waals surface area contributed by atoms with Crippen LogP contribution >= 0.6 is 0 Å². The Kier molecular flexibility index (Phi) is 3.62. The van der Waals surface area contributed by atoms with Gasteiger partial charge < -0.3 is 0 Å². The second kappa shape index (κ2) is 5.21. The SMILES string of the molecule is O=C(C1=C(c2ccc(F)cc2)CC12CCCCC2)C(F)(F)F. The minimum absolute atomic E-state index is 0.0775. The van der Waals surface area contributed by atoms with Gasteiger partial charge in [0, 0.05) is 11.0 Å². The number of carbonyl (C=O) groups excluding carboxylic acids is 1. The third kappa shape index (κ3) is 2.46. The van der Waals surface area contributed by atoms with Gasteiger partial charge >= 0.3 is 6.18 Å². The summed E-state index contributed by atoms with van der Waals surface area (Å²) >= 11 is 0. The lowest BCUT2D eigenvalue weighted by atomic mass is 9.55. The van der Waals surface area contributed by atoms with Gasteiger partial charge in [-0.15, -0.1) is 0 Å². The highest BCUT2D eigenvalue weighted by molar-refractivity contribution is 6.10. The topological polar surface area (TPSA) is 17.1 Å². The number of allylic oxidation sites excluding steroid dienone is 2. The monoisotopic (exact) mass is 312 g/mol. The largest absolute Gasteiger partial charge is 0.454 e. The third-order valence-corrected chi connectivity index (χ3v) is 4.84. The van der Waals surface area contributed by atoms with Crippen molar-refractivity contribution >= 4 is 11.4 Å². The lowest BCUT2D eigenvalue weighted by Gasteiger charge is -2.48. The second-order valence-corrected chi connectivity index (χ2v) is 6.21. The van der Waals surface area contributed by atoms with Gasteiger partial charge in [0.2, 0.25) is 0 Å². The number of hydrogen-bond donors (Lipinski definition) is 0. The normalized spacial score (nSPS) is 20.9. The smallest absolute Gasteiger partial charge is 0.284 e. The maximum Gasteiger partial charge on any atom is 0.454 e. The Morgan fingerprint density at radius 2 is 1.59 bits per heavy atom. The molecule has 0 aliphatic heterocycles. The maximum atomic E-state index is 13.0. The molecular formula is C17H16F4O. The Morgan fingerprint density at radius 1 is 1.00 bits per heavy atom. The van der Waals surface area contributed by atoms with E-state index in [4.69, 9.17) is 0 Å². The van der Waals surface area contributed by atoms with Crippen molar-refractivity contribution in [3.8, 4) is 0 Å². The van der Waals surface area contributed by atoms with Crippen molar-refractivity contribution in [1.82, 2.24) is 0 Å². The van der Waals surface area contributed by atoms with E-state index in [1.165, 1.54) is 24.3 Å². The van der Waals surface area contributed by atoms with Crippen LogP contribution < -0.4 is 0 Å². The van der Waals surface area contributed by atoms with E-state index < -0.39 is 23.2 Å². The summed E-state index contributed by atoms with van der Waals surface area (Å²) in [6.45, 7) is 0. The zero-order valence-corrected chi connectivity index (χ0v) is 12.0. The first kappa shape index (κ1) is 15.3. The van der Waals surface area contributed by atoms with Crippen LogP contribution in [0.1, 0.15) is 44.1 Å². The van der Waals surface area contributed by atoms with Crippen molar-refractivity contribution in [2.24, 2.45) is 5.41 Å². The van der Waals surface area contributed by atoms with Gasteiger partial charge in [0.1, 0.15) is 5.82 Å². The molecular weight excluding hydrogens is 296 g/mol. The Bertz CT molecular complexity index is 619. The van der Waals surface area contributed by atoms with Crippen LogP contribution in [-0.2, 0) is 4.79 Å². The highest BCUT2D eigenvalue weighted by Crippen LogP contribution is 2.59. The van der Waals surface area contributed by atoms with Crippen molar-refractivity contribution in [2.75, 3.05) is 0 Å². The number of carbonyl (C=O) groups is 1. The molecule has 1 fully saturated rings. The minimum atomic E-state index is -4.86. The molecule has 2 aliphatic rings. The second-order valence-electron chi connectivity index (χ2n) is 6.21. The van der Waals surface area contributed by atoms with Crippen LogP contribution in [0.15, 0.2) is 29.8 Å². The summed E-state index contributed by atoms with van der Waals surface area (Å²) in [5.41, 5.74) is 0.259. The number of Topliss-reactive ketones (excluding diaryl/α,β-unsaturated/α-hetero) is 1. The lowest BCUT2D eigenvalue weighted by molar-refractivity contribution is -0.168. The molecule has 1 saturated carbocycles. The van der Waals surface area contributed by atoms with E-state index in [0.29, 0.717) is 30.4 Å². The van der Waals surface area contributed by atoms with Crippen LogP contribution in [0.25, 0.3) is 5.57 Å². The quantitative estimate of drug-likeness (QED) is 0.697. The minimum Gasteiger partial charge on any atom is -0.284 e. The van der Waals surface area contributed by atoms with Crippen molar-refractivity contribution in [1.29, 1.82) is 0 Å². The summed E-state index contributed by atoms with van der Waals surface area (Å²) in [7, 11) is 0. The van der Waals surface area contributed by atoms with Crippen LogP contribution in [-0.4, -0.2) is 12.0 Å². The predicted molar refractivity (Wildman–Crippen MR) is 74.5 cm³/mol. The summed E-state index contributed by atoms with van der Waals surface area (Å²) in [5.74, 6) is -2.17. The van der Waals surface area contributed by atoms with E-state index in [1.807, 2.05) is 0 Å². The van der Waals surface area contributed by atoms with Gasteiger partial charge in [-0.3, -0.25) is 4.79 Å². The van der Waals surface area contributed by atoms with E-state index in [0.717, 1.165) is 19.3 Å². The first-order chi connectivity index (χ1) is 10.3. The molecule has 1 nitrogen and oxygen atoms in total. The fraction of sp³-hybridized carbons (Fsp3) is 0.471. The number of halogens is 4. The Balaban J connectivity index is 2.05. The van der Waals surface area contributed by atoms with E-state index in [2.05, 4.69) is 0 Å². The molecule has 118 valence electrons. The van der Waals surface area contributed by atoms with E-state index in [-0.39, 0.29) is 5.57 Å². The van der Waals surface area contributed by atoms with Gasteiger partial charge in [-0.2, -0.15) is 13.2 Å². The molecule has 0 radical (unpaired) electrons. The number of benzene rings is 1. The van der Waals surface area contributed by atoms with E-state index in [9.17, 15) is 22.4 Å². The Hall–Kier alpha value is -1.65. The number of rotatable bonds is 2. The van der Waals surface area contributed by atoms with Crippen molar-refractivity contribution in [3.05, 3.63) is 41.2 Å². The standard InChI is InChI=1S/C17H16F4O/c18-12-6-4-11(5-7-12)13-10-16(8-2-1-3-9-16)14(13)15(22)17(19,20)21/h4-7H,1-3,8-10H2. The number of hydrogen-bond acceptors (Lipinski definition) is 1.